The van der Waals surface area contributed by atoms with Gasteiger partial charge in [0.15, 0.2) is 5.16 Å². The Bertz CT molecular complexity index is 875. The largest absolute Gasteiger partial charge is 0.286 e. The lowest BCUT2D eigenvalue weighted by atomic mass is 10.0. The third kappa shape index (κ3) is 2.36. The number of rotatable bonds is 2. The van der Waals surface area contributed by atoms with Crippen molar-refractivity contribution in [2.75, 3.05) is 5.75 Å². The molecule has 1 aliphatic carbocycles. The maximum atomic E-state index is 12.5. The van der Waals surface area contributed by atoms with Gasteiger partial charge >= 0.3 is 0 Å². The summed E-state index contributed by atoms with van der Waals surface area (Å²) in [4.78, 5) is 21.7. The summed E-state index contributed by atoms with van der Waals surface area (Å²) in [7, 11) is 0. The van der Waals surface area contributed by atoms with Crippen LogP contribution in [0.5, 0.6) is 0 Å². The Labute approximate surface area is 138 Å². The van der Waals surface area contributed by atoms with Gasteiger partial charge in [-0.25, -0.2) is 4.98 Å². The molecule has 4 rings (SSSR count). The van der Waals surface area contributed by atoms with Gasteiger partial charge in [0, 0.05) is 35.2 Å². The second-order valence-corrected chi connectivity index (χ2v) is 7.44. The molecule has 1 saturated carbocycles. The highest BCUT2D eigenvalue weighted by atomic mass is 32.2. The lowest BCUT2D eigenvalue weighted by Crippen LogP contribution is -2.29. The third-order valence-electron chi connectivity index (χ3n) is 4.66. The summed E-state index contributed by atoms with van der Waals surface area (Å²) in [6.07, 6.45) is 5.00. The Morgan fingerprint density at radius 1 is 1.39 bits per heavy atom. The minimum Gasteiger partial charge on any atom is -0.286 e. The Balaban J connectivity index is 1.83. The van der Waals surface area contributed by atoms with Gasteiger partial charge in [-0.2, -0.15) is 5.26 Å². The molecule has 1 fully saturated rings. The molecule has 5 nitrogen and oxygen atoms in total. The number of aromatic nitrogens is 3. The van der Waals surface area contributed by atoms with E-state index in [1.165, 1.54) is 0 Å². The first kappa shape index (κ1) is 14.5. The van der Waals surface area contributed by atoms with Gasteiger partial charge in [-0.1, -0.05) is 18.7 Å². The Morgan fingerprint density at radius 2 is 2.22 bits per heavy atom. The number of nitriles is 1. The summed E-state index contributed by atoms with van der Waals surface area (Å²) in [6, 6.07) is 5.96. The molecule has 0 unspecified atom stereocenters. The molecule has 2 aromatic heterocycles. The minimum absolute atomic E-state index is 0.114. The van der Waals surface area contributed by atoms with Crippen LogP contribution in [0.15, 0.2) is 28.3 Å². The second kappa shape index (κ2) is 5.20. The van der Waals surface area contributed by atoms with Gasteiger partial charge in [0.05, 0.1) is 5.69 Å². The molecule has 116 valence electrons. The highest BCUT2D eigenvalue weighted by molar-refractivity contribution is 7.99. The molecule has 0 saturated heterocycles. The molecule has 3 heterocycles. The van der Waals surface area contributed by atoms with E-state index in [-0.39, 0.29) is 16.5 Å². The van der Waals surface area contributed by atoms with Crippen molar-refractivity contribution in [3.8, 4) is 17.3 Å². The predicted molar refractivity (Wildman–Crippen MR) is 88.4 cm³/mol. The maximum Gasteiger partial charge on any atom is 0.272 e. The smallest absolute Gasteiger partial charge is 0.272 e. The number of hydrogen-bond donors (Lipinski definition) is 0. The molecular weight excluding hydrogens is 308 g/mol. The van der Waals surface area contributed by atoms with Gasteiger partial charge in [-0.3, -0.25) is 14.3 Å². The van der Waals surface area contributed by atoms with Gasteiger partial charge in [-0.15, -0.1) is 0 Å². The fourth-order valence-electron chi connectivity index (χ4n) is 2.87. The van der Waals surface area contributed by atoms with Crippen molar-refractivity contribution in [1.29, 1.82) is 5.26 Å². The van der Waals surface area contributed by atoms with Crippen LogP contribution in [0.1, 0.15) is 37.4 Å². The summed E-state index contributed by atoms with van der Waals surface area (Å²) < 4.78 is 1.61. The SMILES string of the molecule is CC1(c2ccc(-c3nc4n(c(=O)c3C#N)CCCS4)cn2)CC1. The fraction of sp³-hybridized carbons (Fsp3) is 0.412. The lowest BCUT2D eigenvalue weighted by molar-refractivity contribution is 0.562. The van der Waals surface area contributed by atoms with Crippen LogP contribution in [0.2, 0.25) is 0 Å². The normalized spacial score (nSPS) is 18.1. The van der Waals surface area contributed by atoms with Gasteiger partial charge in [-0.05, 0) is 31.4 Å². The van der Waals surface area contributed by atoms with E-state index in [1.54, 1.807) is 22.5 Å². The van der Waals surface area contributed by atoms with Crippen LogP contribution in [0.4, 0.5) is 0 Å². The molecule has 0 atom stereocenters. The molecule has 23 heavy (non-hydrogen) atoms. The first-order chi connectivity index (χ1) is 11.1. The van der Waals surface area contributed by atoms with Gasteiger partial charge in [0.1, 0.15) is 11.6 Å². The first-order valence-corrected chi connectivity index (χ1v) is 8.76. The van der Waals surface area contributed by atoms with Crippen molar-refractivity contribution in [2.45, 2.75) is 43.3 Å². The number of hydrogen-bond acceptors (Lipinski definition) is 5. The molecule has 1 aliphatic heterocycles. The number of fused-ring (bicyclic) bond motifs is 1. The van der Waals surface area contributed by atoms with Crippen molar-refractivity contribution in [2.24, 2.45) is 0 Å². The van der Waals surface area contributed by atoms with E-state index in [4.69, 9.17) is 0 Å². The zero-order valence-corrected chi connectivity index (χ0v) is 13.7. The molecular formula is C17H16N4OS. The van der Waals surface area contributed by atoms with Gasteiger partial charge in [0.25, 0.3) is 5.56 Å². The van der Waals surface area contributed by atoms with Crippen LogP contribution < -0.4 is 5.56 Å². The highest BCUT2D eigenvalue weighted by Gasteiger charge is 2.40. The average Bonchev–Trinajstić information content (AvgIpc) is 3.34. The molecule has 0 bridgehead atoms. The number of pyridine rings is 1. The van der Waals surface area contributed by atoms with Gasteiger partial charge < -0.3 is 0 Å². The van der Waals surface area contributed by atoms with Crippen LogP contribution in [-0.4, -0.2) is 20.3 Å². The Kier molecular flexibility index (Phi) is 3.27. The van der Waals surface area contributed by atoms with Crippen molar-refractivity contribution in [3.63, 3.8) is 0 Å². The summed E-state index contributed by atoms with van der Waals surface area (Å²) in [5, 5.41) is 10.1. The topological polar surface area (TPSA) is 71.6 Å². The highest BCUT2D eigenvalue weighted by Crippen LogP contribution is 2.46. The predicted octanol–water partition coefficient (Wildman–Crippen LogP) is 2.72. The summed E-state index contributed by atoms with van der Waals surface area (Å²) in [5.74, 6) is 0.952. The molecule has 2 aliphatic rings. The van der Waals surface area contributed by atoms with Crippen LogP contribution in [0, 0.1) is 11.3 Å². The van der Waals surface area contributed by atoms with E-state index in [0.29, 0.717) is 17.4 Å². The number of thioether (sulfide) groups is 1. The van der Waals surface area contributed by atoms with E-state index < -0.39 is 0 Å². The summed E-state index contributed by atoms with van der Waals surface area (Å²) in [6.45, 7) is 2.84. The monoisotopic (exact) mass is 324 g/mol. The van der Waals surface area contributed by atoms with Crippen LogP contribution in [0.3, 0.4) is 0 Å². The fourth-order valence-corrected chi connectivity index (χ4v) is 3.81. The van der Waals surface area contributed by atoms with E-state index >= 15 is 0 Å². The Morgan fingerprint density at radius 3 is 2.87 bits per heavy atom. The summed E-state index contributed by atoms with van der Waals surface area (Å²) >= 11 is 1.57. The van der Waals surface area contributed by atoms with Crippen LogP contribution >= 0.6 is 11.8 Å². The van der Waals surface area contributed by atoms with Crippen LogP contribution in [0.25, 0.3) is 11.3 Å². The standard InChI is InChI=1S/C17H16N4OS/c1-17(5-6-17)13-4-3-11(10-19-13)14-12(9-18)15(22)21-7-2-8-23-16(21)20-14/h3-4,10H,2,5-8H2,1H3. The van der Waals surface area contributed by atoms with E-state index in [0.717, 1.165) is 36.3 Å². The van der Waals surface area contributed by atoms with Crippen molar-refractivity contribution in [3.05, 3.63) is 39.9 Å². The second-order valence-electron chi connectivity index (χ2n) is 6.38. The van der Waals surface area contributed by atoms with Gasteiger partial charge in [0.2, 0.25) is 0 Å². The zero-order valence-electron chi connectivity index (χ0n) is 12.9. The molecule has 0 spiro atoms. The minimum atomic E-state index is -0.238. The lowest BCUT2D eigenvalue weighted by Gasteiger charge is -2.18. The molecule has 0 aromatic carbocycles. The maximum absolute atomic E-state index is 12.5. The Hall–Kier alpha value is -2.13. The van der Waals surface area contributed by atoms with E-state index in [9.17, 15) is 10.1 Å². The third-order valence-corrected chi connectivity index (χ3v) is 5.72. The van der Waals surface area contributed by atoms with Crippen molar-refractivity contribution in [1.82, 2.24) is 14.5 Å². The summed E-state index contributed by atoms with van der Waals surface area (Å²) in [5.41, 5.74) is 2.35. The molecule has 2 aromatic rings. The zero-order chi connectivity index (χ0) is 16.0. The van der Waals surface area contributed by atoms with E-state index in [1.807, 2.05) is 18.2 Å². The van der Waals surface area contributed by atoms with Crippen molar-refractivity contribution >= 4 is 11.8 Å². The number of nitrogens with zero attached hydrogens (tertiary/aromatic N) is 4. The van der Waals surface area contributed by atoms with E-state index in [2.05, 4.69) is 16.9 Å². The van der Waals surface area contributed by atoms with Crippen LogP contribution in [-0.2, 0) is 12.0 Å². The molecule has 0 radical (unpaired) electrons. The quantitative estimate of drug-likeness (QED) is 0.794. The van der Waals surface area contributed by atoms with Crippen molar-refractivity contribution < 1.29 is 0 Å². The molecule has 0 N–H and O–H groups in total. The molecule has 0 amide bonds. The average molecular weight is 324 g/mol. The first-order valence-electron chi connectivity index (χ1n) is 7.77. The molecule has 6 heteroatoms.